The van der Waals surface area contributed by atoms with Crippen LogP contribution in [0.5, 0.6) is 0 Å². The van der Waals surface area contributed by atoms with Gasteiger partial charge in [0.15, 0.2) is 5.11 Å². The minimum Gasteiger partial charge on any atom is -0.472 e. The van der Waals surface area contributed by atoms with Gasteiger partial charge in [-0.05, 0) is 30.4 Å². The highest BCUT2D eigenvalue weighted by molar-refractivity contribution is 7.80. The molecule has 4 nitrogen and oxygen atoms in total. The zero-order valence-electron chi connectivity index (χ0n) is 8.96. The van der Waals surface area contributed by atoms with Crippen molar-refractivity contribution in [3.8, 4) is 0 Å². The molecule has 0 saturated heterocycles. The number of hydrazone groups is 1. The number of benzene rings is 1. The Morgan fingerprint density at radius 1 is 1.24 bits per heavy atom. The molecule has 0 fully saturated rings. The van der Waals surface area contributed by atoms with E-state index in [0.29, 0.717) is 5.11 Å². The monoisotopic (exact) mass is 245 g/mol. The summed E-state index contributed by atoms with van der Waals surface area (Å²) in [7, 11) is 0. The molecule has 0 aliphatic heterocycles. The maximum Gasteiger partial charge on any atom is 0.191 e. The molecular weight excluding hydrogens is 234 g/mol. The molecule has 0 spiro atoms. The smallest absolute Gasteiger partial charge is 0.191 e. The highest BCUT2D eigenvalue weighted by Gasteiger charge is 1.94. The van der Waals surface area contributed by atoms with Gasteiger partial charge >= 0.3 is 0 Å². The first-order valence-electron chi connectivity index (χ1n) is 5.02. The topological polar surface area (TPSA) is 49.6 Å². The molecule has 86 valence electrons. The molecule has 5 heteroatoms. The third-order valence-corrected chi connectivity index (χ3v) is 2.15. The largest absolute Gasteiger partial charge is 0.472 e. The van der Waals surface area contributed by atoms with E-state index in [1.807, 2.05) is 30.3 Å². The van der Waals surface area contributed by atoms with Gasteiger partial charge in [-0.1, -0.05) is 18.2 Å². The average molecular weight is 245 g/mol. The van der Waals surface area contributed by atoms with Crippen molar-refractivity contribution in [1.29, 1.82) is 0 Å². The maximum atomic E-state index is 5.07. The van der Waals surface area contributed by atoms with Crippen molar-refractivity contribution in [2.45, 2.75) is 0 Å². The fourth-order valence-corrected chi connectivity index (χ4v) is 1.36. The minimum absolute atomic E-state index is 0.441. The fourth-order valence-electron chi connectivity index (χ4n) is 1.19. The van der Waals surface area contributed by atoms with E-state index in [2.05, 4.69) is 15.8 Å². The van der Waals surface area contributed by atoms with E-state index < -0.39 is 0 Å². The minimum atomic E-state index is 0.441. The third kappa shape index (κ3) is 3.73. The second kappa shape index (κ2) is 5.81. The van der Waals surface area contributed by atoms with Crippen LogP contribution in [0.2, 0.25) is 0 Å². The van der Waals surface area contributed by atoms with E-state index in [0.717, 1.165) is 11.3 Å². The Bertz CT molecular complexity index is 494. The van der Waals surface area contributed by atoms with Crippen LogP contribution < -0.4 is 10.7 Å². The maximum absolute atomic E-state index is 5.07. The second-order valence-electron chi connectivity index (χ2n) is 3.25. The van der Waals surface area contributed by atoms with Gasteiger partial charge in [-0.3, -0.25) is 5.43 Å². The Balaban J connectivity index is 1.82. The predicted molar refractivity (Wildman–Crippen MR) is 72.1 cm³/mol. The summed E-state index contributed by atoms with van der Waals surface area (Å²) in [5.41, 5.74) is 4.51. The van der Waals surface area contributed by atoms with Crippen LogP contribution >= 0.6 is 12.2 Å². The Kier molecular flexibility index (Phi) is 3.88. The van der Waals surface area contributed by atoms with Crippen LogP contribution in [0.4, 0.5) is 5.69 Å². The molecule has 0 aliphatic rings. The summed E-state index contributed by atoms with van der Waals surface area (Å²) in [5.74, 6) is 0. The Morgan fingerprint density at radius 2 is 2.06 bits per heavy atom. The number of nitrogens with one attached hydrogen (secondary N) is 2. The zero-order chi connectivity index (χ0) is 11.9. The van der Waals surface area contributed by atoms with Crippen LogP contribution in [0.1, 0.15) is 5.56 Å². The van der Waals surface area contributed by atoms with Gasteiger partial charge in [-0.25, -0.2) is 0 Å². The van der Waals surface area contributed by atoms with Crippen molar-refractivity contribution in [3.63, 3.8) is 0 Å². The first kappa shape index (κ1) is 11.3. The van der Waals surface area contributed by atoms with Crippen molar-refractivity contribution in [3.05, 3.63) is 54.5 Å². The normalized spacial score (nSPS) is 10.4. The molecule has 0 amide bonds. The molecule has 0 atom stereocenters. The van der Waals surface area contributed by atoms with E-state index in [4.69, 9.17) is 16.6 Å². The van der Waals surface area contributed by atoms with Gasteiger partial charge in [0.1, 0.15) is 0 Å². The molecule has 1 aromatic heterocycles. The van der Waals surface area contributed by atoms with Gasteiger partial charge in [0.2, 0.25) is 0 Å². The number of rotatable bonds is 3. The molecule has 1 heterocycles. The lowest BCUT2D eigenvalue weighted by atomic mass is 10.3. The van der Waals surface area contributed by atoms with E-state index in [-0.39, 0.29) is 0 Å². The third-order valence-electron chi connectivity index (χ3n) is 1.95. The lowest BCUT2D eigenvalue weighted by Gasteiger charge is -2.05. The van der Waals surface area contributed by atoms with Gasteiger partial charge in [0.05, 0.1) is 18.7 Å². The number of anilines is 1. The number of para-hydroxylation sites is 1. The summed E-state index contributed by atoms with van der Waals surface area (Å²) in [6.45, 7) is 0. The predicted octanol–water partition coefficient (Wildman–Crippen LogP) is 2.60. The lowest BCUT2D eigenvalue weighted by Crippen LogP contribution is -2.23. The Morgan fingerprint density at radius 3 is 2.76 bits per heavy atom. The molecule has 0 aliphatic carbocycles. The lowest BCUT2D eigenvalue weighted by molar-refractivity contribution is 0.567. The summed E-state index contributed by atoms with van der Waals surface area (Å²) in [5, 5.41) is 7.42. The molecule has 0 unspecified atom stereocenters. The summed E-state index contributed by atoms with van der Waals surface area (Å²) in [4.78, 5) is 0. The molecular formula is C12H11N3OS. The van der Waals surface area contributed by atoms with Crippen molar-refractivity contribution in [2.75, 3.05) is 5.32 Å². The van der Waals surface area contributed by atoms with Gasteiger partial charge in [-0.2, -0.15) is 5.10 Å². The highest BCUT2D eigenvalue weighted by atomic mass is 32.1. The van der Waals surface area contributed by atoms with Gasteiger partial charge < -0.3 is 9.73 Å². The first-order valence-corrected chi connectivity index (χ1v) is 5.43. The van der Waals surface area contributed by atoms with Crippen LogP contribution in [0.3, 0.4) is 0 Å². The highest BCUT2D eigenvalue weighted by Crippen LogP contribution is 2.04. The van der Waals surface area contributed by atoms with Gasteiger partial charge in [0, 0.05) is 11.3 Å². The first-order chi connectivity index (χ1) is 8.34. The number of hydrogen-bond acceptors (Lipinski definition) is 3. The molecule has 2 rings (SSSR count). The van der Waals surface area contributed by atoms with Crippen LogP contribution in [-0.2, 0) is 0 Å². The number of furan rings is 1. The number of thiocarbonyl (C=S) groups is 1. The molecule has 0 bridgehead atoms. The molecule has 1 aromatic carbocycles. The number of hydrogen-bond donors (Lipinski definition) is 2. The molecule has 0 radical (unpaired) electrons. The van der Waals surface area contributed by atoms with E-state index in [9.17, 15) is 0 Å². The Labute approximate surface area is 104 Å². The zero-order valence-corrected chi connectivity index (χ0v) is 9.78. The van der Waals surface area contributed by atoms with Crippen molar-refractivity contribution in [1.82, 2.24) is 5.43 Å². The standard InChI is InChI=1S/C12H11N3OS/c17-12(14-11-4-2-1-3-5-11)15-13-8-10-6-7-16-9-10/h1-9H,(H2,14,15,17). The average Bonchev–Trinajstić information content (AvgIpc) is 2.83. The fraction of sp³-hybridized carbons (Fsp3) is 0. The summed E-state index contributed by atoms with van der Waals surface area (Å²) in [6.07, 6.45) is 4.81. The molecule has 17 heavy (non-hydrogen) atoms. The Hall–Kier alpha value is -2.14. The second-order valence-corrected chi connectivity index (χ2v) is 3.66. The van der Waals surface area contributed by atoms with E-state index in [1.54, 1.807) is 24.8 Å². The van der Waals surface area contributed by atoms with Crippen LogP contribution in [-0.4, -0.2) is 11.3 Å². The van der Waals surface area contributed by atoms with E-state index in [1.165, 1.54) is 0 Å². The molecule has 2 N–H and O–H groups in total. The van der Waals surface area contributed by atoms with Crippen molar-refractivity contribution in [2.24, 2.45) is 5.10 Å². The van der Waals surface area contributed by atoms with Crippen LogP contribution in [0, 0.1) is 0 Å². The summed E-state index contributed by atoms with van der Waals surface area (Å²) < 4.78 is 4.90. The SMILES string of the molecule is S=C(NN=Cc1ccoc1)Nc1ccccc1. The van der Waals surface area contributed by atoms with E-state index >= 15 is 0 Å². The molecule has 0 saturated carbocycles. The molecule has 2 aromatic rings. The summed E-state index contributed by atoms with van der Waals surface area (Å²) >= 11 is 5.07. The van der Waals surface area contributed by atoms with Crippen LogP contribution in [0.15, 0.2) is 58.4 Å². The van der Waals surface area contributed by atoms with Gasteiger partial charge in [0.25, 0.3) is 0 Å². The van der Waals surface area contributed by atoms with Crippen LogP contribution in [0.25, 0.3) is 0 Å². The van der Waals surface area contributed by atoms with Gasteiger partial charge in [-0.15, -0.1) is 0 Å². The number of nitrogens with zero attached hydrogens (tertiary/aromatic N) is 1. The summed E-state index contributed by atoms with van der Waals surface area (Å²) in [6, 6.07) is 11.5. The van der Waals surface area contributed by atoms with Crippen molar-refractivity contribution >= 4 is 29.2 Å². The quantitative estimate of drug-likeness (QED) is 0.496. The van der Waals surface area contributed by atoms with Crippen molar-refractivity contribution < 1.29 is 4.42 Å².